The molecule has 0 spiro atoms. The maximum Gasteiger partial charge on any atom is 0.411 e. The van der Waals surface area contributed by atoms with Gasteiger partial charge in [0.1, 0.15) is 23.3 Å². The van der Waals surface area contributed by atoms with E-state index in [9.17, 15) is 9.59 Å². The quantitative estimate of drug-likeness (QED) is 0.515. The highest BCUT2D eigenvalue weighted by atomic mass is 16.7. The minimum atomic E-state index is -0.748. The summed E-state index contributed by atoms with van der Waals surface area (Å²) in [6.07, 6.45) is 3.48. The summed E-state index contributed by atoms with van der Waals surface area (Å²) in [4.78, 5) is 27.7. The molecule has 2 aliphatic rings. The molecule has 29 heavy (non-hydrogen) atoms. The molecule has 0 aliphatic carbocycles. The first kappa shape index (κ1) is 23.7. The van der Waals surface area contributed by atoms with Gasteiger partial charge in [0.05, 0.1) is 12.6 Å². The number of nitrogens with zero attached hydrogens (tertiary/aromatic N) is 1. The van der Waals surface area contributed by atoms with Crippen LogP contribution >= 0.6 is 0 Å². The van der Waals surface area contributed by atoms with Crippen LogP contribution in [0.1, 0.15) is 68.7 Å². The van der Waals surface area contributed by atoms with Gasteiger partial charge in [0.15, 0.2) is 5.79 Å². The molecular formula is C22H37NO6. The van der Waals surface area contributed by atoms with Crippen LogP contribution in [-0.4, -0.2) is 58.7 Å². The Morgan fingerprint density at radius 3 is 2.10 bits per heavy atom. The van der Waals surface area contributed by atoms with Gasteiger partial charge in [-0.2, -0.15) is 0 Å². The van der Waals surface area contributed by atoms with Crippen LogP contribution in [0.15, 0.2) is 12.2 Å². The van der Waals surface area contributed by atoms with Crippen molar-refractivity contribution in [2.75, 3.05) is 6.61 Å². The molecule has 2 rings (SSSR count). The Hall–Kier alpha value is -1.60. The standard InChI is InChI=1S/C22H37NO6/c1-10-11-14-12-15(18(24)28-20(2,3)4)23(19(25)29-21(5,6)7)17(14)16-13-26-22(8,9)27-16/h10-11,14-17H,12-13H2,1-9H3/b11-10-/t14-,15-,16?,17-/m1/s1. The van der Waals surface area contributed by atoms with E-state index in [0.29, 0.717) is 13.0 Å². The molecule has 0 radical (unpaired) electrons. The molecule has 4 atom stereocenters. The lowest BCUT2D eigenvalue weighted by atomic mass is 9.94. The first-order chi connectivity index (χ1) is 13.1. The number of carbonyl (C=O) groups is 2. The number of hydrogen-bond donors (Lipinski definition) is 0. The summed E-state index contributed by atoms with van der Waals surface area (Å²) in [5.74, 6) is -1.25. The predicted molar refractivity (Wildman–Crippen MR) is 109 cm³/mol. The van der Waals surface area contributed by atoms with Crippen LogP contribution in [-0.2, 0) is 23.7 Å². The van der Waals surface area contributed by atoms with E-state index in [0.717, 1.165) is 0 Å². The van der Waals surface area contributed by atoms with Gasteiger partial charge >= 0.3 is 12.1 Å². The van der Waals surface area contributed by atoms with E-state index in [1.54, 1.807) is 20.8 Å². The van der Waals surface area contributed by atoms with Gasteiger partial charge in [-0.1, -0.05) is 12.2 Å². The van der Waals surface area contributed by atoms with Crippen LogP contribution in [0.3, 0.4) is 0 Å². The Morgan fingerprint density at radius 2 is 1.66 bits per heavy atom. The normalized spacial score (nSPS) is 30.0. The van der Waals surface area contributed by atoms with Crippen LogP contribution in [0, 0.1) is 5.92 Å². The molecule has 0 aromatic carbocycles. The Morgan fingerprint density at radius 1 is 1.07 bits per heavy atom. The van der Waals surface area contributed by atoms with Gasteiger partial charge in [0, 0.05) is 5.92 Å². The molecule has 0 aromatic rings. The van der Waals surface area contributed by atoms with E-state index in [4.69, 9.17) is 18.9 Å². The van der Waals surface area contributed by atoms with Crippen molar-refractivity contribution in [1.29, 1.82) is 0 Å². The highest BCUT2D eigenvalue weighted by Crippen LogP contribution is 2.39. The summed E-state index contributed by atoms with van der Waals surface area (Å²) in [6, 6.07) is -1.14. The number of esters is 1. The highest BCUT2D eigenvalue weighted by Gasteiger charge is 2.54. The minimum Gasteiger partial charge on any atom is -0.458 e. The van der Waals surface area contributed by atoms with Gasteiger partial charge in [-0.05, 0) is 68.7 Å². The molecular weight excluding hydrogens is 374 g/mol. The zero-order chi connectivity index (χ0) is 22.2. The second-order valence-corrected chi connectivity index (χ2v) is 10.2. The third-order valence-electron chi connectivity index (χ3n) is 4.73. The molecule has 2 saturated heterocycles. The number of ether oxygens (including phenoxy) is 4. The van der Waals surface area contributed by atoms with Gasteiger partial charge in [0.25, 0.3) is 0 Å². The molecule has 7 nitrogen and oxygen atoms in total. The average Bonchev–Trinajstić information content (AvgIpc) is 3.04. The van der Waals surface area contributed by atoms with Crippen molar-refractivity contribution < 1.29 is 28.5 Å². The number of rotatable bonds is 3. The van der Waals surface area contributed by atoms with E-state index in [-0.39, 0.29) is 18.1 Å². The van der Waals surface area contributed by atoms with Crippen LogP contribution in [0.4, 0.5) is 4.79 Å². The zero-order valence-corrected chi connectivity index (χ0v) is 19.3. The molecule has 0 aromatic heterocycles. The Bertz CT molecular complexity index is 643. The summed E-state index contributed by atoms with van der Waals surface area (Å²) < 4.78 is 23.1. The van der Waals surface area contributed by atoms with Gasteiger partial charge in [0.2, 0.25) is 0 Å². The summed E-state index contributed by atoms with van der Waals surface area (Å²) in [6.45, 7) is 16.8. The number of likely N-dealkylation sites (tertiary alicyclic amines) is 1. The summed E-state index contributed by atoms with van der Waals surface area (Å²) in [5, 5.41) is 0. The Labute approximate surface area is 174 Å². The van der Waals surface area contributed by atoms with Gasteiger partial charge < -0.3 is 18.9 Å². The zero-order valence-electron chi connectivity index (χ0n) is 19.3. The maximum atomic E-state index is 13.2. The third kappa shape index (κ3) is 6.19. The van der Waals surface area contributed by atoms with Crippen molar-refractivity contribution >= 4 is 12.1 Å². The monoisotopic (exact) mass is 411 g/mol. The van der Waals surface area contributed by atoms with Crippen molar-refractivity contribution in [3.63, 3.8) is 0 Å². The van der Waals surface area contributed by atoms with E-state index >= 15 is 0 Å². The van der Waals surface area contributed by atoms with Crippen molar-refractivity contribution in [2.45, 2.75) is 104 Å². The SMILES string of the molecule is C/C=C\[C@@H]1C[C@H](C(=O)OC(C)(C)C)N(C(=O)OC(C)(C)C)[C@H]1C1COC(C)(C)O1. The molecule has 0 bridgehead atoms. The minimum absolute atomic E-state index is 0.0764. The predicted octanol–water partition coefficient (Wildman–Crippen LogP) is 4.05. The van der Waals surface area contributed by atoms with E-state index in [1.165, 1.54) is 4.90 Å². The summed E-state index contributed by atoms with van der Waals surface area (Å²) in [7, 11) is 0. The van der Waals surface area contributed by atoms with Crippen LogP contribution in [0.2, 0.25) is 0 Å². The Balaban J connectivity index is 2.41. The van der Waals surface area contributed by atoms with Crippen molar-refractivity contribution in [3.05, 3.63) is 12.2 Å². The van der Waals surface area contributed by atoms with Crippen LogP contribution < -0.4 is 0 Å². The van der Waals surface area contributed by atoms with Crippen molar-refractivity contribution in [1.82, 2.24) is 4.90 Å². The fourth-order valence-electron chi connectivity index (χ4n) is 3.85. The number of carbonyl (C=O) groups excluding carboxylic acids is 2. The molecule has 2 heterocycles. The molecule has 2 aliphatic heterocycles. The highest BCUT2D eigenvalue weighted by molar-refractivity contribution is 5.83. The van der Waals surface area contributed by atoms with Gasteiger partial charge in [-0.3, -0.25) is 4.90 Å². The number of allylic oxidation sites excluding steroid dienone is 1. The van der Waals surface area contributed by atoms with E-state index < -0.39 is 35.1 Å². The number of hydrogen-bond acceptors (Lipinski definition) is 6. The van der Waals surface area contributed by atoms with Gasteiger partial charge in [-0.15, -0.1) is 0 Å². The maximum absolute atomic E-state index is 13.2. The molecule has 166 valence electrons. The largest absolute Gasteiger partial charge is 0.458 e. The average molecular weight is 412 g/mol. The fraction of sp³-hybridized carbons (Fsp3) is 0.818. The van der Waals surface area contributed by atoms with Crippen LogP contribution in [0.25, 0.3) is 0 Å². The smallest absolute Gasteiger partial charge is 0.411 e. The topological polar surface area (TPSA) is 74.3 Å². The van der Waals surface area contributed by atoms with E-state index in [2.05, 4.69) is 0 Å². The summed E-state index contributed by atoms with van der Waals surface area (Å²) in [5.41, 5.74) is -1.34. The number of amides is 1. The Kier molecular flexibility index (Phi) is 6.75. The fourth-order valence-corrected chi connectivity index (χ4v) is 3.85. The second kappa shape index (κ2) is 8.26. The van der Waals surface area contributed by atoms with Crippen LogP contribution in [0.5, 0.6) is 0 Å². The molecule has 7 heteroatoms. The van der Waals surface area contributed by atoms with Gasteiger partial charge in [-0.25, -0.2) is 9.59 Å². The first-order valence-corrected chi connectivity index (χ1v) is 10.3. The second-order valence-electron chi connectivity index (χ2n) is 10.2. The lowest BCUT2D eigenvalue weighted by molar-refractivity contribution is -0.162. The lowest BCUT2D eigenvalue weighted by Crippen LogP contribution is -2.53. The van der Waals surface area contributed by atoms with Crippen molar-refractivity contribution in [2.24, 2.45) is 5.92 Å². The summed E-state index contributed by atoms with van der Waals surface area (Å²) >= 11 is 0. The molecule has 1 amide bonds. The lowest BCUT2D eigenvalue weighted by Gasteiger charge is -2.35. The molecule has 1 unspecified atom stereocenters. The third-order valence-corrected chi connectivity index (χ3v) is 4.73. The first-order valence-electron chi connectivity index (χ1n) is 10.3. The molecule has 0 saturated carbocycles. The van der Waals surface area contributed by atoms with E-state index in [1.807, 2.05) is 53.7 Å². The molecule has 2 fully saturated rings. The molecule has 0 N–H and O–H groups in total. The van der Waals surface area contributed by atoms with Crippen molar-refractivity contribution in [3.8, 4) is 0 Å².